The van der Waals surface area contributed by atoms with E-state index in [2.05, 4.69) is 0 Å². The predicted molar refractivity (Wildman–Crippen MR) is 17.1 cm³/mol. The molecule has 0 spiro atoms. The molecule has 0 saturated carbocycles. The molecule has 34 valence electrons. The van der Waals surface area contributed by atoms with Crippen LogP contribution in [0.4, 0.5) is 10.6 Å². The van der Waals surface area contributed by atoms with Crippen molar-refractivity contribution in [2.75, 3.05) is 0 Å². The van der Waals surface area contributed by atoms with Crippen molar-refractivity contribution in [1.29, 1.82) is 0 Å². The Kier molecular flexibility index (Phi) is 27.2. The largest absolute Gasteiger partial charge is 2.00 e. The monoisotopic (exact) mass is 226 g/mol. The molecule has 6 heavy (non-hydrogen) atoms. The summed E-state index contributed by atoms with van der Waals surface area (Å²) in [5, 5.41) is 0. The van der Waals surface area contributed by atoms with Crippen molar-refractivity contribution in [1.82, 2.24) is 0 Å². The summed E-state index contributed by atoms with van der Waals surface area (Å²) in [7, 11) is 0. The summed E-state index contributed by atoms with van der Waals surface area (Å²) in [6.07, 6.45) is 0. The van der Waals surface area contributed by atoms with Gasteiger partial charge in [0.05, 0.1) is 0 Å². The third-order valence-corrected chi connectivity index (χ3v) is 0. The molecular formula is H2AlCrF3Sr. The van der Waals surface area contributed by atoms with Crippen LogP contribution in [0.15, 0.2) is 0 Å². The minimum Gasteiger partial charge on any atom is -1.00 e. The van der Waals surface area contributed by atoms with Gasteiger partial charge < -0.3 is 13.4 Å². The Hall–Kier alpha value is 2.34. The zero-order valence-electron chi connectivity index (χ0n) is 4.83. The van der Waals surface area contributed by atoms with Gasteiger partial charge >= 0.3 is 61.0 Å². The molecule has 0 saturated heterocycles. The van der Waals surface area contributed by atoms with E-state index in [9.17, 15) is 10.6 Å². The number of hydrogen-bond donors (Lipinski definition) is 0. The van der Waals surface area contributed by atoms with Crippen LogP contribution in [0.25, 0.3) is 0 Å². The first-order valence-electron chi connectivity index (χ1n) is 0.655. The molecule has 0 fully saturated rings. The second kappa shape index (κ2) is 10.3. The second-order valence-corrected chi connectivity index (χ2v) is 0.742. The van der Waals surface area contributed by atoms with Crippen LogP contribution in [0, 0.1) is 0 Å². The summed E-state index contributed by atoms with van der Waals surface area (Å²) < 4.78 is 29.4. The Balaban J connectivity index is -0.00000000750. The normalized spacial score (nSPS) is 4.50. The van der Waals surface area contributed by atoms with Crippen molar-refractivity contribution in [3.05, 3.63) is 0 Å². The maximum absolute atomic E-state index is 9.81. The molecule has 0 aliphatic rings. The van der Waals surface area contributed by atoms with Crippen LogP contribution >= 0.6 is 0 Å². The van der Waals surface area contributed by atoms with E-state index in [1.807, 2.05) is 0 Å². The molecule has 0 radical (unpaired) electrons. The standard InChI is InChI=1S/Al.Cr.3FH.Sr.2H/h;;3*1H;;;/q+3;;;;;+2;2*-1/p-3. The minimum absolute atomic E-state index is 0. The van der Waals surface area contributed by atoms with Gasteiger partial charge in [0.25, 0.3) is 0 Å². The molecule has 0 amide bonds. The molecule has 0 aromatic carbocycles. The molecule has 6 heteroatoms. The fourth-order valence-corrected chi connectivity index (χ4v) is 0. The van der Waals surface area contributed by atoms with Crippen LogP contribution in [-0.4, -0.2) is 61.0 Å². The van der Waals surface area contributed by atoms with E-state index in [1.54, 1.807) is 0 Å². The van der Waals surface area contributed by atoms with Gasteiger partial charge in [0.1, 0.15) is 0 Å². The van der Waals surface area contributed by atoms with Crippen molar-refractivity contribution in [2.24, 2.45) is 0 Å². The van der Waals surface area contributed by atoms with Crippen molar-refractivity contribution in [2.45, 2.75) is 0 Å². The van der Waals surface area contributed by atoms with Gasteiger partial charge in [-0.1, -0.05) is 0 Å². The van der Waals surface area contributed by atoms with Crippen LogP contribution in [-0.2, 0) is 17.4 Å². The van der Waals surface area contributed by atoms with Gasteiger partial charge in [-0.3, -0.25) is 0 Å². The molecule has 0 bridgehead atoms. The fourth-order valence-electron chi connectivity index (χ4n) is 0. The molecule has 0 N–H and O–H groups in total. The maximum Gasteiger partial charge on any atom is 2.00 e. The summed E-state index contributed by atoms with van der Waals surface area (Å²) >= 11 is -4.64. The molecule has 0 aliphatic heterocycles. The quantitative estimate of drug-likeness (QED) is 0.533. The molecule has 0 unspecified atom stereocenters. The van der Waals surface area contributed by atoms with Crippen LogP contribution in [0.1, 0.15) is 2.85 Å². The predicted octanol–water partition coefficient (Wildman–Crippen LogP) is 0.722. The van der Waals surface area contributed by atoms with Gasteiger partial charge in [0, 0.05) is 17.4 Å². The van der Waals surface area contributed by atoms with Crippen molar-refractivity contribution >= 4 is 61.0 Å². The van der Waals surface area contributed by atoms with Gasteiger partial charge in [-0.2, -0.15) is 0 Å². The molecule has 0 heterocycles. The number of hydrogen-bond acceptors (Lipinski definition) is 0. The Labute approximate surface area is 90.3 Å². The van der Waals surface area contributed by atoms with E-state index in [0.717, 1.165) is 0 Å². The van der Waals surface area contributed by atoms with Crippen LogP contribution in [0.5, 0.6) is 0 Å². The SMILES string of the molecule is [Cr].[F][Al]([F])[F].[H-].[H-].[Sr+2]. The Morgan fingerprint density at radius 1 is 1.17 bits per heavy atom. The first-order chi connectivity index (χ1) is 1.73. The molecule has 0 rings (SSSR count). The van der Waals surface area contributed by atoms with Crippen molar-refractivity contribution in [3.8, 4) is 0 Å². The first kappa shape index (κ1) is 15.8. The molecular weight excluding hydrogens is 224 g/mol. The van der Waals surface area contributed by atoms with Crippen molar-refractivity contribution in [3.63, 3.8) is 0 Å². The minimum atomic E-state index is -4.64. The van der Waals surface area contributed by atoms with Gasteiger partial charge in [-0.25, -0.2) is 0 Å². The Morgan fingerprint density at radius 3 is 1.17 bits per heavy atom. The molecule has 0 atom stereocenters. The fraction of sp³-hybridized carbons (Fsp3) is 0. The summed E-state index contributed by atoms with van der Waals surface area (Å²) in [6, 6.07) is 0. The van der Waals surface area contributed by atoms with Gasteiger partial charge in [0.15, 0.2) is 0 Å². The van der Waals surface area contributed by atoms with Gasteiger partial charge in [0.2, 0.25) is 0 Å². The van der Waals surface area contributed by atoms with Crippen molar-refractivity contribution < 1.29 is 30.8 Å². The Morgan fingerprint density at radius 2 is 1.17 bits per heavy atom. The molecule has 0 aromatic rings. The molecule has 0 aromatic heterocycles. The average molecular weight is 226 g/mol. The topological polar surface area (TPSA) is 0 Å². The number of rotatable bonds is 0. The maximum atomic E-state index is 9.81. The number of halogens is 3. The third-order valence-electron chi connectivity index (χ3n) is 0. The van der Waals surface area contributed by atoms with E-state index >= 15 is 0 Å². The average Bonchev–Trinajstić information content (AvgIpc) is 0.811. The summed E-state index contributed by atoms with van der Waals surface area (Å²) in [5.41, 5.74) is 0. The van der Waals surface area contributed by atoms with E-state index in [4.69, 9.17) is 0 Å². The molecule has 0 aliphatic carbocycles. The summed E-state index contributed by atoms with van der Waals surface area (Å²) in [4.78, 5) is 0. The van der Waals surface area contributed by atoms with Gasteiger partial charge in [-0.15, -0.1) is 0 Å². The van der Waals surface area contributed by atoms with E-state index in [-0.39, 0.29) is 65.7 Å². The molecule has 0 nitrogen and oxygen atoms in total. The zero-order chi connectivity index (χ0) is 3.58. The van der Waals surface area contributed by atoms with E-state index < -0.39 is 15.5 Å². The van der Waals surface area contributed by atoms with E-state index in [1.165, 1.54) is 0 Å². The van der Waals surface area contributed by atoms with Gasteiger partial charge in [-0.05, 0) is 0 Å². The van der Waals surface area contributed by atoms with E-state index in [0.29, 0.717) is 0 Å². The first-order valence-corrected chi connectivity index (χ1v) is 1.96. The smallest absolute Gasteiger partial charge is 1.00 e. The second-order valence-electron chi connectivity index (χ2n) is 0.247. The van der Waals surface area contributed by atoms with Crippen LogP contribution < -0.4 is 0 Å². The third kappa shape index (κ3) is 33.1. The Bertz CT molecular complexity index is 22.0. The summed E-state index contributed by atoms with van der Waals surface area (Å²) in [6.45, 7) is 0. The van der Waals surface area contributed by atoms with Crippen LogP contribution in [0.3, 0.4) is 0 Å². The van der Waals surface area contributed by atoms with Crippen LogP contribution in [0.2, 0.25) is 0 Å². The zero-order valence-corrected chi connectivity index (χ0v) is 8.73. The summed E-state index contributed by atoms with van der Waals surface area (Å²) in [5.74, 6) is 0.